The molecule has 0 saturated heterocycles. The molecule has 0 spiro atoms. The van der Waals surface area contributed by atoms with Crippen LogP contribution in [-0.4, -0.2) is 31.7 Å². The average Bonchev–Trinajstić information content (AvgIpc) is 2.86. The normalized spacial score (nSPS) is 11.0. The van der Waals surface area contributed by atoms with Gasteiger partial charge in [-0.15, -0.1) is 5.10 Å². The minimum absolute atomic E-state index is 0.0759. The summed E-state index contributed by atoms with van der Waals surface area (Å²) in [4.78, 5) is 9.95. The van der Waals surface area contributed by atoms with E-state index in [1.165, 1.54) is 16.8 Å². The highest BCUT2D eigenvalue weighted by atomic mass is 19.1. The highest BCUT2D eigenvalue weighted by Gasteiger charge is 2.16. The summed E-state index contributed by atoms with van der Waals surface area (Å²) in [6.45, 7) is 5.27. The van der Waals surface area contributed by atoms with Crippen molar-refractivity contribution < 1.29 is 9.31 Å². The van der Waals surface area contributed by atoms with Gasteiger partial charge in [0.15, 0.2) is 11.6 Å². The molecule has 2 aromatic rings. The molecule has 9 heteroatoms. The van der Waals surface area contributed by atoms with E-state index in [-0.39, 0.29) is 11.4 Å². The first-order chi connectivity index (χ1) is 9.99. The average molecular weight is 294 g/mol. The lowest BCUT2D eigenvalue weighted by Crippen LogP contribution is -2.21. The summed E-state index contributed by atoms with van der Waals surface area (Å²) in [5, 5.41) is 24.8. The minimum Gasteiger partial charge on any atom is -0.310 e. The van der Waals surface area contributed by atoms with Crippen LogP contribution in [0, 0.1) is 21.8 Å². The highest BCUT2D eigenvalue weighted by molar-refractivity contribution is 5.42. The van der Waals surface area contributed by atoms with Gasteiger partial charge in [0.2, 0.25) is 0 Å². The molecule has 0 radical (unpaired) electrons. The fourth-order valence-corrected chi connectivity index (χ4v) is 1.76. The predicted octanol–water partition coefficient (Wildman–Crippen LogP) is 1.46. The second kappa shape index (κ2) is 6.35. The lowest BCUT2D eigenvalue weighted by atomic mass is 10.2. The van der Waals surface area contributed by atoms with E-state index in [2.05, 4.69) is 34.7 Å². The van der Waals surface area contributed by atoms with Gasteiger partial charge in [-0.25, -0.2) is 4.39 Å². The smallest absolute Gasteiger partial charge is 0.272 e. The SMILES string of the molecule is CC(C)CNCc1nnnn1-c1ccc([N+](=O)[O-])cc1F. The van der Waals surface area contributed by atoms with E-state index in [1.54, 1.807) is 0 Å². The van der Waals surface area contributed by atoms with Gasteiger partial charge in [-0.2, -0.15) is 4.68 Å². The van der Waals surface area contributed by atoms with Crippen LogP contribution in [0.25, 0.3) is 5.69 Å². The van der Waals surface area contributed by atoms with Gasteiger partial charge in [-0.3, -0.25) is 10.1 Å². The first-order valence-electron chi connectivity index (χ1n) is 6.41. The molecule has 1 heterocycles. The van der Waals surface area contributed by atoms with E-state index < -0.39 is 10.7 Å². The van der Waals surface area contributed by atoms with Crippen molar-refractivity contribution in [2.75, 3.05) is 6.54 Å². The minimum atomic E-state index is -0.749. The third kappa shape index (κ3) is 3.57. The number of nitro benzene ring substituents is 1. The summed E-state index contributed by atoms with van der Waals surface area (Å²) in [6.07, 6.45) is 0. The number of nitrogens with one attached hydrogen (secondary N) is 1. The van der Waals surface area contributed by atoms with Gasteiger partial charge in [0.05, 0.1) is 17.5 Å². The molecule has 0 amide bonds. The lowest BCUT2D eigenvalue weighted by molar-refractivity contribution is -0.385. The summed E-state index contributed by atoms with van der Waals surface area (Å²) in [7, 11) is 0. The van der Waals surface area contributed by atoms with Crippen molar-refractivity contribution in [1.82, 2.24) is 25.5 Å². The van der Waals surface area contributed by atoms with E-state index in [1.807, 2.05) is 0 Å². The number of benzene rings is 1. The van der Waals surface area contributed by atoms with Crippen molar-refractivity contribution in [1.29, 1.82) is 0 Å². The van der Waals surface area contributed by atoms with Crippen LogP contribution in [-0.2, 0) is 6.54 Å². The fraction of sp³-hybridized carbons (Fsp3) is 0.417. The molecule has 0 fully saturated rings. The number of halogens is 1. The largest absolute Gasteiger partial charge is 0.310 e. The Labute approximate surface area is 120 Å². The molecule has 2 rings (SSSR count). The summed E-state index contributed by atoms with van der Waals surface area (Å²) >= 11 is 0. The van der Waals surface area contributed by atoms with E-state index in [9.17, 15) is 14.5 Å². The molecule has 1 aromatic heterocycles. The Kier molecular flexibility index (Phi) is 4.53. The maximum absolute atomic E-state index is 14.0. The first kappa shape index (κ1) is 15.0. The standard InChI is InChI=1S/C12H15FN6O2/c1-8(2)6-14-7-12-15-16-17-18(12)11-4-3-9(19(20)21)5-10(11)13/h3-5,8,14H,6-7H2,1-2H3. The number of non-ortho nitro benzene ring substituents is 1. The number of hydrogen-bond donors (Lipinski definition) is 1. The van der Waals surface area contributed by atoms with Crippen LogP contribution in [0.5, 0.6) is 0 Å². The Hall–Kier alpha value is -2.42. The molecule has 0 aliphatic rings. The number of nitro groups is 1. The predicted molar refractivity (Wildman–Crippen MR) is 72.3 cm³/mol. The molecule has 21 heavy (non-hydrogen) atoms. The first-order valence-corrected chi connectivity index (χ1v) is 6.41. The Morgan fingerprint density at radius 2 is 2.24 bits per heavy atom. The number of nitrogens with zero attached hydrogens (tertiary/aromatic N) is 5. The van der Waals surface area contributed by atoms with Gasteiger partial charge in [-0.05, 0) is 29.0 Å². The maximum Gasteiger partial charge on any atom is 0.272 e. The van der Waals surface area contributed by atoms with Crippen molar-refractivity contribution in [3.63, 3.8) is 0 Å². The van der Waals surface area contributed by atoms with Crippen molar-refractivity contribution in [2.24, 2.45) is 5.92 Å². The molecule has 8 nitrogen and oxygen atoms in total. The number of rotatable bonds is 6. The Balaban J connectivity index is 2.23. The molecule has 1 N–H and O–H groups in total. The quantitative estimate of drug-likeness (QED) is 0.639. The van der Waals surface area contributed by atoms with E-state index in [0.717, 1.165) is 12.6 Å². The van der Waals surface area contributed by atoms with E-state index in [4.69, 9.17) is 0 Å². The van der Waals surface area contributed by atoms with Crippen LogP contribution in [0.3, 0.4) is 0 Å². The van der Waals surface area contributed by atoms with Crippen molar-refractivity contribution in [3.8, 4) is 5.69 Å². The molecule has 0 aliphatic heterocycles. The Morgan fingerprint density at radius 1 is 1.48 bits per heavy atom. The summed E-state index contributed by atoms with van der Waals surface area (Å²) < 4.78 is 15.2. The van der Waals surface area contributed by atoms with Gasteiger partial charge < -0.3 is 5.32 Å². The second-order valence-corrected chi connectivity index (χ2v) is 4.92. The van der Waals surface area contributed by atoms with Gasteiger partial charge in [0.25, 0.3) is 5.69 Å². The number of tetrazole rings is 1. The van der Waals surface area contributed by atoms with E-state index >= 15 is 0 Å². The van der Waals surface area contributed by atoms with Crippen LogP contribution < -0.4 is 5.32 Å². The molecule has 0 saturated carbocycles. The molecule has 0 bridgehead atoms. The van der Waals surface area contributed by atoms with Crippen LogP contribution >= 0.6 is 0 Å². The van der Waals surface area contributed by atoms with Crippen LogP contribution in [0.2, 0.25) is 0 Å². The molecule has 0 unspecified atom stereocenters. The zero-order valence-corrected chi connectivity index (χ0v) is 11.7. The van der Waals surface area contributed by atoms with Crippen LogP contribution in [0.1, 0.15) is 19.7 Å². The molecule has 0 atom stereocenters. The van der Waals surface area contributed by atoms with Crippen molar-refractivity contribution in [3.05, 3.63) is 40.0 Å². The third-order valence-corrected chi connectivity index (χ3v) is 2.74. The van der Waals surface area contributed by atoms with E-state index in [0.29, 0.717) is 18.3 Å². The maximum atomic E-state index is 14.0. The zero-order valence-electron chi connectivity index (χ0n) is 11.7. The highest BCUT2D eigenvalue weighted by Crippen LogP contribution is 2.19. The topological polar surface area (TPSA) is 98.8 Å². The van der Waals surface area contributed by atoms with Crippen LogP contribution in [0.4, 0.5) is 10.1 Å². The molecule has 1 aromatic carbocycles. The van der Waals surface area contributed by atoms with Gasteiger partial charge in [0, 0.05) is 6.07 Å². The zero-order chi connectivity index (χ0) is 15.4. The summed E-state index contributed by atoms with van der Waals surface area (Å²) in [5.74, 6) is 0.149. The summed E-state index contributed by atoms with van der Waals surface area (Å²) in [5.41, 5.74) is -0.240. The molecule has 112 valence electrons. The third-order valence-electron chi connectivity index (χ3n) is 2.74. The second-order valence-electron chi connectivity index (χ2n) is 4.92. The summed E-state index contributed by atoms with van der Waals surface area (Å²) in [6, 6.07) is 3.35. The van der Waals surface area contributed by atoms with Crippen molar-refractivity contribution in [2.45, 2.75) is 20.4 Å². The number of aromatic nitrogens is 4. The van der Waals surface area contributed by atoms with Gasteiger partial charge >= 0.3 is 0 Å². The monoisotopic (exact) mass is 294 g/mol. The van der Waals surface area contributed by atoms with Gasteiger partial charge in [0.1, 0.15) is 5.69 Å². The molecule has 0 aliphatic carbocycles. The fourth-order valence-electron chi connectivity index (χ4n) is 1.76. The Morgan fingerprint density at radius 3 is 2.86 bits per heavy atom. The molecular formula is C12H15FN6O2. The van der Waals surface area contributed by atoms with Crippen molar-refractivity contribution >= 4 is 5.69 Å². The lowest BCUT2D eigenvalue weighted by Gasteiger charge is -2.08. The number of hydrogen-bond acceptors (Lipinski definition) is 6. The van der Waals surface area contributed by atoms with Crippen LogP contribution in [0.15, 0.2) is 18.2 Å². The molecular weight excluding hydrogens is 279 g/mol. The Bertz CT molecular complexity index is 642. The van der Waals surface area contributed by atoms with Gasteiger partial charge in [-0.1, -0.05) is 13.8 Å².